The smallest absolute Gasteiger partial charge is 0.124 e. The molecule has 0 aliphatic heterocycles. The summed E-state index contributed by atoms with van der Waals surface area (Å²) in [5.41, 5.74) is 2.28. The highest BCUT2D eigenvalue weighted by Crippen LogP contribution is 2.30. The average molecular weight is 342 g/mol. The van der Waals surface area contributed by atoms with Gasteiger partial charge in [0.25, 0.3) is 0 Å². The molecule has 0 aliphatic carbocycles. The topological polar surface area (TPSA) is 0 Å². The maximum absolute atomic E-state index is 13.1. The van der Waals surface area contributed by atoms with E-state index in [9.17, 15) is 4.39 Å². The summed E-state index contributed by atoms with van der Waals surface area (Å²) in [6.45, 7) is 2.13. The molecule has 1 atom stereocenters. The third-order valence-electron chi connectivity index (χ3n) is 3.29. The summed E-state index contributed by atoms with van der Waals surface area (Å²) in [7, 11) is 0. The lowest BCUT2D eigenvalue weighted by atomic mass is 9.90. The first kappa shape index (κ1) is 14.5. The van der Waals surface area contributed by atoms with Gasteiger partial charge in [0.15, 0.2) is 0 Å². The van der Waals surface area contributed by atoms with Crippen LogP contribution in [0.2, 0.25) is 5.02 Å². The predicted molar refractivity (Wildman–Crippen MR) is 82.3 cm³/mol. The first-order valence-corrected chi connectivity index (χ1v) is 7.46. The zero-order valence-corrected chi connectivity index (χ0v) is 13.0. The largest absolute Gasteiger partial charge is 0.207 e. The van der Waals surface area contributed by atoms with Crippen molar-refractivity contribution in [1.82, 2.24) is 0 Å². The lowest BCUT2D eigenvalue weighted by Crippen LogP contribution is -2.03. The summed E-state index contributed by atoms with van der Waals surface area (Å²) in [5, 5.41) is 0.518. The fraction of sp³-hybridized carbons (Fsp3) is 0.250. The third-order valence-corrected chi connectivity index (χ3v) is 4.15. The van der Waals surface area contributed by atoms with Crippen molar-refractivity contribution in [3.63, 3.8) is 0 Å². The van der Waals surface area contributed by atoms with Crippen molar-refractivity contribution in [3.8, 4) is 0 Å². The zero-order valence-electron chi connectivity index (χ0n) is 10.7. The Labute approximate surface area is 126 Å². The van der Waals surface area contributed by atoms with Crippen LogP contribution in [0.4, 0.5) is 4.39 Å². The molecule has 2 aromatic carbocycles. The number of hydrogen-bond donors (Lipinski definition) is 0. The minimum absolute atomic E-state index is 0.285. The second-order valence-corrected chi connectivity index (χ2v) is 5.92. The lowest BCUT2D eigenvalue weighted by molar-refractivity contribution is 0.620. The molecule has 0 aromatic heterocycles. The molecule has 0 fully saturated rings. The summed E-state index contributed by atoms with van der Waals surface area (Å²) in [5.74, 6) is 0.0292. The molecule has 0 spiro atoms. The van der Waals surface area contributed by atoms with Gasteiger partial charge in [0.2, 0.25) is 0 Å². The van der Waals surface area contributed by atoms with Crippen molar-refractivity contribution in [3.05, 3.63) is 68.9 Å². The molecule has 100 valence electrons. The highest BCUT2D eigenvalue weighted by Gasteiger charge is 2.14. The molecule has 0 radical (unpaired) electrons. The molecule has 0 bridgehead atoms. The van der Waals surface area contributed by atoms with Gasteiger partial charge in [-0.05, 0) is 54.2 Å². The van der Waals surface area contributed by atoms with Crippen molar-refractivity contribution >= 4 is 27.5 Å². The molecule has 1 unspecified atom stereocenters. The highest BCUT2D eigenvalue weighted by atomic mass is 79.9. The van der Waals surface area contributed by atoms with E-state index in [1.807, 2.05) is 12.1 Å². The predicted octanol–water partition coefficient (Wildman–Crippen LogP) is 5.98. The number of benzene rings is 2. The zero-order chi connectivity index (χ0) is 13.8. The van der Waals surface area contributed by atoms with Gasteiger partial charge in [-0.2, -0.15) is 0 Å². The van der Waals surface area contributed by atoms with E-state index in [1.54, 1.807) is 6.07 Å². The summed E-state index contributed by atoms with van der Waals surface area (Å²) in [6.07, 6.45) is 1.89. The molecule has 0 aliphatic rings. The number of halogens is 3. The third kappa shape index (κ3) is 3.80. The van der Waals surface area contributed by atoms with E-state index < -0.39 is 0 Å². The second kappa shape index (κ2) is 6.53. The highest BCUT2D eigenvalue weighted by molar-refractivity contribution is 9.10. The minimum Gasteiger partial charge on any atom is -0.207 e. The van der Waals surface area contributed by atoms with Gasteiger partial charge in [0.1, 0.15) is 5.82 Å². The summed E-state index contributed by atoms with van der Waals surface area (Å²) < 4.78 is 14.2. The van der Waals surface area contributed by atoms with Crippen LogP contribution in [-0.2, 0) is 6.42 Å². The van der Waals surface area contributed by atoms with Crippen LogP contribution < -0.4 is 0 Å². The van der Waals surface area contributed by atoms with Gasteiger partial charge in [-0.3, -0.25) is 0 Å². The van der Waals surface area contributed by atoms with E-state index in [4.69, 9.17) is 11.6 Å². The molecule has 0 saturated carbocycles. The maximum atomic E-state index is 13.1. The monoisotopic (exact) mass is 340 g/mol. The molecule has 0 nitrogen and oxygen atoms in total. The quantitative estimate of drug-likeness (QED) is 0.642. The molecular weight excluding hydrogens is 327 g/mol. The Bertz CT molecular complexity index is 551. The molecule has 2 aromatic rings. The Balaban J connectivity index is 2.22. The molecule has 0 N–H and O–H groups in total. The first-order valence-electron chi connectivity index (χ1n) is 6.29. The Morgan fingerprint density at radius 1 is 1.16 bits per heavy atom. The summed E-state index contributed by atoms with van der Waals surface area (Å²) in [4.78, 5) is 0. The van der Waals surface area contributed by atoms with Crippen molar-refractivity contribution in [2.24, 2.45) is 0 Å². The van der Waals surface area contributed by atoms with E-state index in [2.05, 4.69) is 35.0 Å². The molecule has 2 rings (SSSR count). The van der Waals surface area contributed by atoms with E-state index in [-0.39, 0.29) is 5.82 Å². The minimum atomic E-state index is -0.285. The fourth-order valence-electron chi connectivity index (χ4n) is 2.21. The Hall–Kier alpha value is -0.860. The van der Waals surface area contributed by atoms with Crippen molar-refractivity contribution in [2.75, 3.05) is 0 Å². The van der Waals surface area contributed by atoms with Crippen LogP contribution in [0.5, 0.6) is 0 Å². The van der Waals surface area contributed by atoms with Gasteiger partial charge >= 0.3 is 0 Å². The summed E-state index contributed by atoms with van der Waals surface area (Å²) >= 11 is 9.58. The van der Waals surface area contributed by atoms with Gasteiger partial charge in [0, 0.05) is 9.50 Å². The van der Waals surface area contributed by atoms with Gasteiger partial charge < -0.3 is 0 Å². The van der Waals surface area contributed by atoms with E-state index in [1.165, 1.54) is 17.7 Å². The molecule has 0 amide bonds. The fourth-order valence-corrected chi connectivity index (χ4v) is 2.80. The summed E-state index contributed by atoms with van der Waals surface area (Å²) in [6, 6.07) is 12.9. The number of rotatable bonds is 4. The van der Waals surface area contributed by atoms with Crippen molar-refractivity contribution < 1.29 is 4.39 Å². The van der Waals surface area contributed by atoms with Crippen LogP contribution >= 0.6 is 27.5 Å². The van der Waals surface area contributed by atoms with Crippen LogP contribution in [-0.4, -0.2) is 0 Å². The van der Waals surface area contributed by atoms with E-state index >= 15 is 0 Å². The van der Waals surface area contributed by atoms with Crippen LogP contribution in [0.15, 0.2) is 46.9 Å². The van der Waals surface area contributed by atoms with E-state index in [0.717, 1.165) is 22.9 Å². The lowest BCUT2D eigenvalue weighted by Gasteiger charge is -2.17. The Morgan fingerprint density at radius 2 is 1.84 bits per heavy atom. The normalized spacial score (nSPS) is 12.4. The van der Waals surface area contributed by atoms with E-state index in [0.29, 0.717) is 10.9 Å². The maximum Gasteiger partial charge on any atom is 0.124 e. The van der Waals surface area contributed by atoms with Gasteiger partial charge in [0.05, 0.1) is 0 Å². The van der Waals surface area contributed by atoms with Crippen molar-refractivity contribution in [1.29, 1.82) is 0 Å². The van der Waals surface area contributed by atoms with Crippen LogP contribution in [0.1, 0.15) is 30.4 Å². The average Bonchev–Trinajstić information content (AvgIpc) is 2.39. The molecular formula is C16H15BrClF. The Morgan fingerprint density at radius 3 is 2.42 bits per heavy atom. The molecule has 19 heavy (non-hydrogen) atoms. The molecule has 0 heterocycles. The molecule has 3 heteroatoms. The van der Waals surface area contributed by atoms with Crippen LogP contribution in [0.3, 0.4) is 0 Å². The van der Waals surface area contributed by atoms with Crippen molar-refractivity contribution in [2.45, 2.75) is 25.7 Å². The molecule has 0 saturated heterocycles. The van der Waals surface area contributed by atoms with Gasteiger partial charge in [-0.15, -0.1) is 0 Å². The Kier molecular flexibility index (Phi) is 5.00. The van der Waals surface area contributed by atoms with Crippen LogP contribution in [0.25, 0.3) is 0 Å². The first-order chi connectivity index (χ1) is 9.10. The van der Waals surface area contributed by atoms with Gasteiger partial charge in [-0.25, -0.2) is 4.39 Å². The second-order valence-electron chi connectivity index (χ2n) is 4.60. The number of hydrogen-bond acceptors (Lipinski definition) is 0. The van der Waals surface area contributed by atoms with Gasteiger partial charge in [-0.1, -0.05) is 52.7 Å². The van der Waals surface area contributed by atoms with Crippen LogP contribution in [0, 0.1) is 5.82 Å². The SMILES string of the molecule is CCC(Cc1ccc(Br)cc1)c1ccc(F)cc1Cl. The standard InChI is InChI=1S/C16H15BrClF/c1-2-12(9-11-3-5-13(17)6-4-11)15-8-7-14(19)10-16(15)18/h3-8,10,12H,2,9H2,1H3.